The summed E-state index contributed by atoms with van der Waals surface area (Å²) in [6.45, 7) is 7.19. The highest BCUT2D eigenvalue weighted by molar-refractivity contribution is 5.20. The lowest BCUT2D eigenvalue weighted by molar-refractivity contribution is 0.220. The van der Waals surface area contributed by atoms with Crippen molar-refractivity contribution in [2.75, 3.05) is 19.7 Å². The minimum absolute atomic E-state index is 0.304. The minimum atomic E-state index is 0.304. The van der Waals surface area contributed by atoms with Crippen molar-refractivity contribution in [2.45, 2.75) is 26.8 Å². The van der Waals surface area contributed by atoms with Crippen LogP contribution in [0.15, 0.2) is 4.52 Å². The minimum Gasteiger partial charge on any atom is -0.396 e. The van der Waals surface area contributed by atoms with E-state index in [4.69, 9.17) is 9.63 Å². The fourth-order valence-corrected chi connectivity index (χ4v) is 2.16. The van der Waals surface area contributed by atoms with Crippen LogP contribution >= 0.6 is 0 Å². The first kappa shape index (κ1) is 10.6. The average molecular weight is 210 g/mol. The molecule has 4 nitrogen and oxygen atoms in total. The normalized spacial score (nSPS) is 22.5. The van der Waals surface area contributed by atoms with Crippen molar-refractivity contribution in [1.29, 1.82) is 0 Å². The first-order chi connectivity index (χ1) is 7.20. The van der Waals surface area contributed by atoms with Crippen molar-refractivity contribution < 1.29 is 9.63 Å². The van der Waals surface area contributed by atoms with E-state index in [1.165, 1.54) is 5.56 Å². The van der Waals surface area contributed by atoms with E-state index in [1.807, 2.05) is 13.8 Å². The number of aryl methyl sites for hydroxylation is 2. The largest absolute Gasteiger partial charge is 0.396 e. The van der Waals surface area contributed by atoms with E-state index in [-0.39, 0.29) is 0 Å². The first-order valence-electron chi connectivity index (χ1n) is 5.45. The Labute approximate surface area is 89.9 Å². The number of hydrogen-bond acceptors (Lipinski definition) is 4. The maximum atomic E-state index is 9.06. The SMILES string of the molecule is Cc1noc(C)c1CN1CC[C@@H](CO)C1. The first-order valence-corrected chi connectivity index (χ1v) is 5.45. The number of nitrogens with zero attached hydrogens (tertiary/aromatic N) is 2. The monoisotopic (exact) mass is 210 g/mol. The fourth-order valence-electron chi connectivity index (χ4n) is 2.16. The molecule has 0 saturated carbocycles. The molecule has 1 aromatic rings. The maximum Gasteiger partial charge on any atom is 0.138 e. The molecule has 1 N–H and O–H groups in total. The van der Waals surface area contributed by atoms with Crippen LogP contribution in [0.25, 0.3) is 0 Å². The smallest absolute Gasteiger partial charge is 0.138 e. The molecule has 1 fully saturated rings. The number of aromatic nitrogens is 1. The standard InChI is InChI=1S/C11H18N2O2/c1-8-11(9(2)15-12-8)6-13-4-3-10(5-13)7-14/h10,14H,3-7H2,1-2H3/t10-/m1/s1. The number of likely N-dealkylation sites (tertiary alicyclic amines) is 1. The van der Waals surface area contributed by atoms with Crippen LogP contribution in [-0.2, 0) is 6.54 Å². The van der Waals surface area contributed by atoms with Gasteiger partial charge in [0.1, 0.15) is 5.76 Å². The zero-order chi connectivity index (χ0) is 10.8. The third-order valence-corrected chi connectivity index (χ3v) is 3.19. The molecular weight excluding hydrogens is 192 g/mol. The van der Waals surface area contributed by atoms with E-state index < -0.39 is 0 Å². The summed E-state index contributed by atoms with van der Waals surface area (Å²) >= 11 is 0. The Bertz CT molecular complexity index is 316. The van der Waals surface area contributed by atoms with Crippen LogP contribution in [0.3, 0.4) is 0 Å². The molecule has 2 rings (SSSR count). The molecule has 0 aliphatic carbocycles. The fraction of sp³-hybridized carbons (Fsp3) is 0.727. The zero-order valence-corrected chi connectivity index (χ0v) is 9.36. The summed E-state index contributed by atoms with van der Waals surface area (Å²) < 4.78 is 5.13. The summed E-state index contributed by atoms with van der Waals surface area (Å²) in [5.41, 5.74) is 2.19. The molecule has 15 heavy (non-hydrogen) atoms. The summed E-state index contributed by atoms with van der Waals surface area (Å²) in [4.78, 5) is 2.35. The van der Waals surface area contributed by atoms with Gasteiger partial charge in [-0.25, -0.2) is 0 Å². The van der Waals surface area contributed by atoms with Crippen LogP contribution in [-0.4, -0.2) is 34.9 Å². The van der Waals surface area contributed by atoms with Gasteiger partial charge in [0.25, 0.3) is 0 Å². The van der Waals surface area contributed by atoms with Crippen molar-refractivity contribution in [3.8, 4) is 0 Å². The summed E-state index contributed by atoms with van der Waals surface area (Å²) in [6.07, 6.45) is 1.10. The van der Waals surface area contributed by atoms with Crippen molar-refractivity contribution in [2.24, 2.45) is 5.92 Å². The van der Waals surface area contributed by atoms with Crippen molar-refractivity contribution >= 4 is 0 Å². The zero-order valence-electron chi connectivity index (χ0n) is 9.36. The van der Waals surface area contributed by atoms with Gasteiger partial charge >= 0.3 is 0 Å². The molecule has 1 aliphatic rings. The molecule has 0 unspecified atom stereocenters. The molecule has 2 heterocycles. The molecule has 84 valence electrons. The van der Waals surface area contributed by atoms with Gasteiger partial charge in [-0.1, -0.05) is 5.16 Å². The summed E-state index contributed by atoms with van der Waals surface area (Å²) in [6, 6.07) is 0. The van der Waals surface area contributed by atoms with Gasteiger partial charge in [-0.05, 0) is 32.7 Å². The van der Waals surface area contributed by atoms with Crippen LogP contribution < -0.4 is 0 Å². The van der Waals surface area contributed by atoms with Crippen molar-refractivity contribution in [1.82, 2.24) is 10.1 Å². The van der Waals surface area contributed by atoms with Gasteiger partial charge < -0.3 is 9.63 Å². The summed E-state index contributed by atoms with van der Waals surface area (Å²) in [7, 11) is 0. The highest BCUT2D eigenvalue weighted by Crippen LogP contribution is 2.21. The quantitative estimate of drug-likeness (QED) is 0.811. The van der Waals surface area contributed by atoms with E-state index >= 15 is 0 Å². The van der Waals surface area contributed by atoms with Gasteiger partial charge in [0.15, 0.2) is 0 Å². The van der Waals surface area contributed by atoms with Crippen LogP contribution in [0.1, 0.15) is 23.4 Å². The van der Waals surface area contributed by atoms with E-state index in [0.29, 0.717) is 12.5 Å². The lowest BCUT2D eigenvalue weighted by Gasteiger charge is -2.14. The van der Waals surface area contributed by atoms with Gasteiger partial charge in [0.2, 0.25) is 0 Å². The van der Waals surface area contributed by atoms with Crippen molar-refractivity contribution in [3.63, 3.8) is 0 Å². The Morgan fingerprint density at radius 1 is 1.53 bits per heavy atom. The summed E-state index contributed by atoms with van der Waals surface area (Å²) in [5.74, 6) is 1.37. The Morgan fingerprint density at radius 2 is 2.33 bits per heavy atom. The second-order valence-corrected chi connectivity index (χ2v) is 4.38. The molecule has 4 heteroatoms. The highest BCUT2D eigenvalue weighted by Gasteiger charge is 2.23. The lowest BCUT2D eigenvalue weighted by atomic mass is 10.1. The number of aliphatic hydroxyl groups is 1. The number of hydrogen-bond donors (Lipinski definition) is 1. The van der Waals surface area contributed by atoms with E-state index in [9.17, 15) is 0 Å². The molecule has 0 amide bonds. The van der Waals surface area contributed by atoms with Crippen LogP contribution in [0.4, 0.5) is 0 Å². The highest BCUT2D eigenvalue weighted by atomic mass is 16.5. The molecule has 1 atom stereocenters. The predicted molar refractivity (Wildman–Crippen MR) is 56.4 cm³/mol. The molecule has 1 aliphatic heterocycles. The van der Waals surface area contributed by atoms with Gasteiger partial charge in [-0.15, -0.1) is 0 Å². The van der Waals surface area contributed by atoms with Crippen molar-refractivity contribution in [3.05, 3.63) is 17.0 Å². The molecular formula is C11H18N2O2. The molecule has 0 radical (unpaired) electrons. The van der Waals surface area contributed by atoms with Gasteiger partial charge in [-0.2, -0.15) is 0 Å². The molecule has 0 bridgehead atoms. The second kappa shape index (κ2) is 4.33. The molecule has 1 saturated heterocycles. The topological polar surface area (TPSA) is 49.5 Å². The summed E-state index contributed by atoms with van der Waals surface area (Å²) in [5, 5.41) is 13.0. The Balaban J connectivity index is 1.98. The van der Waals surface area contributed by atoms with Gasteiger partial charge in [-0.3, -0.25) is 4.90 Å². The Morgan fingerprint density at radius 3 is 2.87 bits per heavy atom. The number of rotatable bonds is 3. The average Bonchev–Trinajstić information content (AvgIpc) is 2.80. The number of aliphatic hydroxyl groups excluding tert-OH is 1. The van der Waals surface area contributed by atoms with Crippen LogP contribution in [0, 0.1) is 19.8 Å². The predicted octanol–water partition coefficient (Wildman–Crippen LogP) is 1.11. The third-order valence-electron chi connectivity index (χ3n) is 3.19. The maximum absolute atomic E-state index is 9.06. The molecule has 1 aromatic heterocycles. The Hall–Kier alpha value is -0.870. The van der Waals surface area contributed by atoms with E-state index in [0.717, 1.165) is 37.5 Å². The van der Waals surface area contributed by atoms with Crippen LogP contribution in [0.5, 0.6) is 0 Å². The molecule has 0 spiro atoms. The molecule has 0 aromatic carbocycles. The van der Waals surface area contributed by atoms with Crippen LogP contribution in [0.2, 0.25) is 0 Å². The van der Waals surface area contributed by atoms with Gasteiger partial charge in [0.05, 0.1) is 5.69 Å². The van der Waals surface area contributed by atoms with E-state index in [1.54, 1.807) is 0 Å². The van der Waals surface area contributed by atoms with E-state index in [2.05, 4.69) is 10.1 Å². The lowest BCUT2D eigenvalue weighted by Crippen LogP contribution is -2.21. The third kappa shape index (κ3) is 2.21. The van der Waals surface area contributed by atoms with Gasteiger partial charge in [0, 0.05) is 25.3 Å². The second-order valence-electron chi connectivity index (χ2n) is 4.38. The Kier molecular flexibility index (Phi) is 3.07.